The Morgan fingerprint density at radius 2 is 1.72 bits per heavy atom. The van der Waals surface area contributed by atoms with Gasteiger partial charge in [0.25, 0.3) is 11.5 Å². The van der Waals surface area contributed by atoms with Gasteiger partial charge in [0.1, 0.15) is 22.6 Å². The van der Waals surface area contributed by atoms with Crippen molar-refractivity contribution in [1.82, 2.24) is 4.57 Å². The minimum Gasteiger partial charge on any atom is -0.497 e. The summed E-state index contributed by atoms with van der Waals surface area (Å²) in [7, 11) is 1.54. The molecule has 0 bridgehead atoms. The summed E-state index contributed by atoms with van der Waals surface area (Å²) >= 11 is 12.4. The van der Waals surface area contributed by atoms with E-state index < -0.39 is 23.3 Å². The van der Waals surface area contributed by atoms with Crippen LogP contribution in [0.2, 0.25) is 10.0 Å². The number of ether oxygens (including phenoxy) is 3. The molecule has 7 nitrogen and oxygen atoms in total. The highest BCUT2D eigenvalue weighted by Gasteiger charge is 2.43. The third-order valence-electron chi connectivity index (χ3n) is 6.24. The van der Waals surface area contributed by atoms with E-state index in [2.05, 4.69) is 0 Å². The number of benzene rings is 3. The second kappa shape index (κ2) is 8.62. The van der Waals surface area contributed by atoms with Crippen molar-refractivity contribution in [3.8, 4) is 28.5 Å². The maximum Gasteiger partial charge on any atom is 0.426 e. The fraction of sp³-hybridized carbons (Fsp3) is 0.111. The third kappa shape index (κ3) is 3.51. The van der Waals surface area contributed by atoms with Gasteiger partial charge in [0.05, 0.1) is 29.3 Å². The predicted octanol–water partition coefficient (Wildman–Crippen LogP) is 5.86. The van der Waals surface area contributed by atoms with Crippen molar-refractivity contribution in [1.29, 1.82) is 0 Å². The Bertz CT molecular complexity index is 1650. The predicted molar refractivity (Wildman–Crippen MR) is 134 cm³/mol. The molecule has 0 radical (unpaired) electrons. The summed E-state index contributed by atoms with van der Waals surface area (Å²) in [5.41, 5.74) is 1.53. The van der Waals surface area contributed by atoms with Gasteiger partial charge < -0.3 is 18.6 Å². The number of methoxy groups -OCH3 is 1. The zero-order chi connectivity index (χ0) is 25.0. The molecule has 0 fully saturated rings. The van der Waals surface area contributed by atoms with Crippen LogP contribution in [-0.4, -0.2) is 11.7 Å². The van der Waals surface area contributed by atoms with Crippen LogP contribution < -0.4 is 20.8 Å². The van der Waals surface area contributed by atoms with Crippen molar-refractivity contribution in [2.45, 2.75) is 12.0 Å². The van der Waals surface area contributed by atoms with Crippen LogP contribution in [-0.2, 0) is 4.74 Å². The van der Waals surface area contributed by atoms with Crippen LogP contribution in [0.15, 0.2) is 92.8 Å². The lowest BCUT2D eigenvalue weighted by atomic mass is 9.81. The second-order valence-electron chi connectivity index (χ2n) is 8.24. The zero-order valence-corrected chi connectivity index (χ0v) is 20.2. The summed E-state index contributed by atoms with van der Waals surface area (Å²) in [4.78, 5) is 26.8. The van der Waals surface area contributed by atoms with Crippen LogP contribution in [0.4, 0.5) is 0 Å². The molecular weight excluding hydrogens is 505 g/mol. The van der Waals surface area contributed by atoms with Gasteiger partial charge in [-0.15, -0.1) is 0 Å². The van der Waals surface area contributed by atoms with E-state index in [1.807, 2.05) is 18.2 Å². The van der Waals surface area contributed by atoms with Crippen molar-refractivity contribution in [3.05, 3.63) is 121 Å². The van der Waals surface area contributed by atoms with Gasteiger partial charge in [-0.2, -0.15) is 0 Å². The lowest BCUT2D eigenvalue weighted by Gasteiger charge is -2.27. The molecule has 9 heteroatoms. The van der Waals surface area contributed by atoms with Crippen LogP contribution in [0.5, 0.6) is 11.5 Å². The largest absolute Gasteiger partial charge is 0.497 e. The molecule has 2 atom stereocenters. The quantitative estimate of drug-likeness (QED) is 0.334. The Hall–Kier alpha value is -3.94. The average molecular weight is 522 g/mol. The molecule has 0 saturated heterocycles. The lowest BCUT2D eigenvalue weighted by molar-refractivity contribution is 0.0599. The molecule has 0 amide bonds. The number of halogens is 2. The van der Waals surface area contributed by atoms with Crippen LogP contribution >= 0.6 is 23.2 Å². The van der Waals surface area contributed by atoms with E-state index in [9.17, 15) is 9.59 Å². The van der Waals surface area contributed by atoms with Crippen molar-refractivity contribution < 1.29 is 18.6 Å². The van der Waals surface area contributed by atoms with Gasteiger partial charge in [0.15, 0.2) is 5.75 Å². The van der Waals surface area contributed by atoms with Crippen LogP contribution in [0.1, 0.15) is 23.1 Å². The van der Waals surface area contributed by atoms with Crippen molar-refractivity contribution >= 4 is 23.2 Å². The topological polar surface area (TPSA) is 79.9 Å². The summed E-state index contributed by atoms with van der Waals surface area (Å²) in [6.07, 6.45) is 1.13. The van der Waals surface area contributed by atoms with Crippen LogP contribution in [0.3, 0.4) is 0 Å². The van der Waals surface area contributed by atoms with Crippen LogP contribution in [0, 0.1) is 0 Å². The number of aromatic nitrogens is 1. The normalized spacial score (nSPS) is 17.4. The highest BCUT2D eigenvalue weighted by atomic mass is 35.5. The number of hydrogen-bond donors (Lipinski definition) is 0. The molecule has 3 aromatic carbocycles. The zero-order valence-electron chi connectivity index (χ0n) is 18.7. The van der Waals surface area contributed by atoms with Gasteiger partial charge >= 0.3 is 5.76 Å². The van der Waals surface area contributed by atoms with Gasteiger partial charge in [0.2, 0.25) is 0 Å². The summed E-state index contributed by atoms with van der Waals surface area (Å²) < 4.78 is 24.0. The first kappa shape index (κ1) is 22.5. The maximum atomic E-state index is 13.8. The van der Waals surface area contributed by atoms with E-state index in [-0.39, 0.29) is 16.7 Å². The first-order valence-electron chi connectivity index (χ1n) is 11.0. The minimum atomic E-state index is -0.790. The Kier molecular flexibility index (Phi) is 5.39. The van der Waals surface area contributed by atoms with Crippen molar-refractivity contribution in [3.63, 3.8) is 0 Å². The molecule has 2 heterocycles. The number of hydrogen-bond acceptors (Lipinski definition) is 6. The highest BCUT2D eigenvalue weighted by molar-refractivity contribution is 6.42. The first-order valence-corrected chi connectivity index (χ1v) is 11.8. The summed E-state index contributed by atoms with van der Waals surface area (Å²) in [6, 6.07) is 18.9. The SMILES string of the molecule is COc1ccc(-n2c(=O)oc3c(c2=O)C2C=C(Oc4cccc(Cl)c4Cl)OC2c2ccccc2-3)cc1. The Morgan fingerprint density at radius 1 is 0.944 bits per heavy atom. The number of nitrogens with zero attached hydrogens (tertiary/aromatic N) is 1. The molecule has 0 N–H and O–H groups in total. The van der Waals surface area contributed by atoms with E-state index in [0.29, 0.717) is 33.3 Å². The van der Waals surface area contributed by atoms with Gasteiger partial charge in [0, 0.05) is 17.2 Å². The van der Waals surface area contributed by atoms with Gasteiger partial charge in [-0.25, -0.2) is 9.36 Å². The molecule has 1 aliphatic heterocycles. The van der Waals surface area contributed by atoms with E-state index in [0.717, 1.165) is 10.1 Å². The van der Waals surface area contributed by atoms with Gasteiger partial charge in [-0.05, 0) is 36.4 Å². The molecule has 1 aliphatic carbocycles. The summed E-state index contributed by atoms with van der Waals surface area (Å²) in [5.74, 6) is -0.0621. The monoisotopic (exact) mass is 521 g/mol. The van der Waals surface area contributed by atoms with Crippen molar-refractivity contribution in [2.24, 2.45) is 0 Å². The Labute approximate surface area is 214 Å². The van der Waals surface area contributed by atoms with E-state index >= 15 is 0 Å². The summed E-state index contributed by atoms with van der Waals surface area (Å²) in [5, 5.41) is 0.581. The fourth-order valence-corrected chi connectivity index (χ4v) is 4.91. The van der Waals surface area contributed by atoms with Gasteiger partial charge in [-0.1, -0.05) is 53.5 Å². The molecule has 180 valence electrons. The first-order chi connectivity index (χ1) is 17.5. The Morgan fingerprint density at radius 3 is 2.50 bits per heavy atom. The van der Waals surface area contributed by atoms with Crippen LogP contribution in [0.25, 0.3) is 17.0 Å². The fourth-order valence-electron chi connectivity index (χ4n) is 4.58. The lowest BCUT2D eigenvalue weighted by Crippen LogP contribution is -2.36. The molecule has 4 aromatic rings. The smallest absolute Gasteiger partial charge is 0.426 e. The highest BCUT2D eigenvalue weighted by Crippen LogP contribution is 2.51. The van der Waals surface area contributed by atoms with Gasteiger partial charge in [-0.3, -0.25) is 4.79 Å². The maximum absolute atomic E-state index is 13.8. The molecule has 36 heavy (non-hydrogen) atoms. The molecule has 2 aliphatic rings. The summed E-state index contributed by atoms with van der Waals surface area (Å²) in [6.45, 7) is 0. The van der Waals surface area contributed by atoms with Crippen molar-refractivity contribution in [2.75, 3.05) is 7.11 Å². The third-order valence-corrected chi connectivity index (χ3v) is 7.04. The van der Waals surface area contributed by atoms with E-state index in [4.69, 9.17) is 41.8 Å². The molecule has 2 unspecified atom stereocenters. The second-order valence-corrected chi connectivity index (χ2v) is 9.03. The molecule has 1 aromatic heterocycles. The Balaban J connectivity index is 1.52. The standard InChI is InChI=1S/C27H17Cl2NO6/c1-33-15-11-9-14(10-12-15)30-26(31)22-18-13-21(34-20-8-4-7-19(28)23(20)29)35-24(18)16-5-2-3-6-17(16)25(22)36-27(30)32/h2-13,18,24H,1H3. The molecule has 6 rings (SSSR count). The number of fused-ring (bicyclic) bond motifs is 6. The molecule has 0 spiro atoms. The number of rotatable bonds is 4. The average Bonchev–Trinajstić information content (AvgIpc) is 3.31. The molecular formula is C27H17Cl2NO6. The minimum absolute atomic E-state index is 0.165. The molecule has 0 saturated carbocycles. The van der Waals surface area contributed by atoms with E-state index in [1.165, 1.54) is 7.11 Å². The van der Waals surface area contributed by atoms with E-state index in [1.54, 1.807) is 54.6 Å².